The summed E-state index contributed by atoms with van der Waals surface area (Å²) >= 11 is 1.42. The largest absolute Gasteiger partial charge is 0.349 e. The number of fused-ring (bicyclic) bond motifs is 1. The summed E-state index contributed by atoms with van der Waals surface area (Å²) in [7, 11) is 0. The average Bonchev–Trinajstić information content (AvgIpc) is 3.26. The molecular formula is C26H25N5OS. The van der Waals surface area contributed by atoms with Gasteiger partial charge in [0.05, 0.1) is 18.3 Å². The molecule has 0 saturated carbocycles. The molecule has 1 aliphatic carbocycles. The Morgan fingerprint density at radius 3 is 2.73 bits per heavy atom. The van der Waals surface area contributed by atoms with Crippen LogP contribution < -0.4 is 5.32 Å². The SMILES string of the molecule is O=C(CSc1nnc(-c2cccnc2)n1Cc1ccccc1)N[C@@H]1CCCc2ccccc21. The number of aromatic nitrogens is 4. The number of carbonyl (C=O) groups is 1. The van der Waals surface area contributed by atoms with Crippen LogP contribution in [0.4, 0.5) is 0 Å². The molecule has 33 heavy (non-hydrogen) atoms. The van der Waals surface area contributed by atoms with E-state index in [1.165, 1.54) is 22.9 Å². The Bertz CT molecular complexity index is 1230. The Labute approximate surface area is 197 Å². The number of carbonyl (C=O) groups excluding carboxylic acids is 1. The van der Waals surface area contributed by atoms with E-state index in [1.54, 1.807) is 12.4 Å². The van der Waals surface area contributed by atoms with Crippen LogP contribution in [0.25, 0.3) is 11.4 Å². The lowest BCUT2D eigenvalue weighted by atomic mass is 9.88. The Kier molecular flexibility index (Phi) is 6.48. The average molecular weight is 456 g/mol. The van der Waals surface area contributed by atoms with Crippen molar-refractivity contribution in [3.8, 4) is 11.4 Å². The maximum atomic E-state index is 12.8. The van der Waals surface area contributed by atoms with Crippen LogP contribution in [0.2, 0.25) is 0 Å². The third kappa shape index (κ3) is 4.98. The summed E-state index contributed by atoms with van der Waals surface area (Å²) in [5.74, 6) is 1.05. The molecule has 1 N–H and O–H groups in total. The molecule has 7 heteroatoms. The molecule has 0 radical (unpaired) electrons. The molecule has 1 atom stereocenters. The van der Waals surface area contributed by atoms with E-state index in [9.17, 15) is 4.79 Å². The van der Waals surface area contributed by atoms with E-state index < -0.39 is 0 Å². The molecule has 2 aromatic carbocycles. The minimum absolute atomic E-state index is 0.0129. The fraction of sp³-hybridized carbons (Fsp3) is 0.231. The van der Waals surface area contributed by atoms with Gasteiger partial charge >= 0.3 is 0 Å². The molecule has 2 aromatic heterocycles. The fourth-order valence-electron chi connectivity index (χ4n) is 4.28. The monoisotopic (exact) mass is 455 g/mol. The second-order valence-electron chi connectivity index (χ2n) is 8.12. The lowest BCUT2D eigenvalue weighted by Crippen LogP contribution is -2.32. The van der Waals surface area contributed by atoms with Crippen LogP contribution in [-0.4, -0.2) is 31.4 Å². The van der Waals surface area contributed by atoms with Crippen LogP contribution in [0, 0.1) is 0 Å². The third-order valence-corrected chi connectivity index (χ3v) is 6.82. The summed E-state index contributed by atoms with van der Waals surface area (Å²) in [5.41, 5.74) is 4.63. The van der Waals surface area contributed by atoms with Crippen molar-refractivity contribution < 1.29 is 4.79 Å². The van der Waals surface area contributed by atoms with E-state index in [-0.39, 0.29) is 11.9 Å². The molecule has 0 aliphatic heterocycles. The number of thioether (sulfide) groups is 1. The maximum Gasteiger partial charge on any atom is 0.230 e. The number of hydrogen-bond acceptors (Lipinski definition) is 5. The van der Waals surface area contributed by atoms with Crippen molar-refractivity contribution in [3.05, 3.63) is 95.8 Å². The topological polar surface area (TPSA) is 72.7 Å². The molecule has 1 amide bonds. The van der Waals surface area contributed by atoms with Crippen molar-refractivity contribution in [2.75, 3.05) is 5.75 Å². The minimum atomic E-state index is 0.0129. The summed E-state index contributed by atoms with van der Waals surface area (Å²) in [6, 6.07) is 22.5. The van der Waals surface area contributed by atoms with Gasteiger partial charge < -0.3 is 5.32 Å². The van der Waals surface area contributed by atoms with Crippen molar-refractivity contribution in [1.29, 1.82) is 0 Å². The van der Waals surface area contributed by atoms with Gasteiger partial charge in [-0.05, 0) is 48.1 Å². The molecular weight excluding hydrogens is 430 g/mol. The van der Waals surface area contributed by atoms with E-state index in [0.29, 0.717) is 12.3 Å². The highest BCUT2D eigenvalue weighted by Crippen LogP contribution is 2.30. The first-order valence-electron chi connectivity index (χ1n) is 11.2. The molecule has 0 fully saturated rings. The first kappa shape index (κ1) is 21.4. The summed E-state index contributed by atoms with van der Waals surface area (Å²) in [6.07, 6.45) is 6.67. The minimum Gasteiger partial charge on any atom is -0.349 e. The number of rotatable bonds is 7. The number of pyridine rings is 1. The van der Waals surface area contributed by atoms with E-state index >= 15 is 0 Å². The lowest BCUT2D eigenvalue weighted by Gasteiger charge is -2.26. The summed E-state index contributed by atoms with van der Waals surface area (Å²) in [5, 5.41) is 12.8. The van der Waals surface area contributed by atoms with E-state index in [0.717, 1.165) is 41.4 Å². The van der Waals surface area contributed by atoms with Gasteiger partial charge in [-0.15, -0.1) is 10.2 Å². The standard InChI is InChI=1S/C26H25N5OS/c32-24(28-23-14-6-11-20-10-4-5-13-22(20)23)18-33-26-30-29-25(21-12-7-15-27-16-21)31(26)17-19-8-2-1-3-9-19/h1-5,7-10,12-13,15-16,23H,6,11,14,17-18H2,(H,28,32)/t23-/m1/s1. The summed E-state index contributed by atoms with van der Waals surface area (Å²) in [6.45, 7) is 0.623. The van der Waals surface area contributed by atoms with Crippen molar-refractivity contribution in [2.45, 2.75) is 37.0 Å². The van der Waals surface area contributed by atoms with Gasteiger partial charge in [0, 0.05) is 18.0 Å². The van der Waals surface area contributed by atoms with Crippen molar-refractivity contribution in [3.63, 3.8) is 0 Å². The molecule has 0 spiro atoms. The molecule has 2 heterocycles. The van der Waals surface area contributed by atoms with Gasteiger partial charge in [-0.2, -0.15) is 0 Å². The summed E-state index contributed by atoms with van der Waals surface area (Å²) < 4.78 is 2.06. The molecule has 0 saturated heterocycles. The summed E-state index contributed by atoms with van der Waals surface area (Å²) in [4.78, 5) is 17.1. The van der Waals surface area contributed by atoms with Gasteiger partial charge in [0.1, 0.15) is 0 Å². The van der Waals surface area contributed by atoms with Gasteiger partial charge in [0.25, 0.3) is 0 Å². The normalized spacial score (nSPS) is 15.1. The second-order valence-corrected chi connectivity index (χ2v) is 9.06. The highest BCUT2D eigenvalue weighted by atomic mass is 32.2. The molecule has 166 valence electrons. The van der Waals surface area contributed by atoms with Crippen molar-refractivity contribution in [1.82, 2.24) is 25.1 Å². The quantitative estimate of drug-likeness (QED) is 0.410. The first-order valence-corrected chi connectivity index (χ1v) is 12.1. The van der Waals surface area contributed by atoms with Gasteiger partial charge in [0.2, 0.25) is 5.91 Å². The number of hydrogen-bond donors (Lipinski definition) is 1. The Balaban J connectivity index is 1.32. The van der Waals surface area contributed by atoms with Crippen LogP contribution in [0.15, 0.2) is 84.3 Å². The predicted molar refractivity (Wildman–Crippen MR) is 130 cm³/mol. The van der Waals surface area contributed by atoms with E-state index in [2.05, 4.69) is 55.4 Å². The highest BCUT2D eigenvalue weighted by molar-refractivity contribution is 7.99. The number of nitrogens with one attached hydrogen (secondary N) is 1. The maximum absolute atomic E-state index is 12.8. The van der Waals surface area contributed by atoms with Crippen molar-refractivity contribution >= 4 is 17.7 Å². The van der Waals surface area contributed by atoms with Gasteiger partial charge in [-0.3, -0.25) is 14.3 Å². The smallest absolute Gasteiger partial charge is 0.230 e. The number of benzene rings is 2. The molecule has 4 aromatic rings. The van der Waals surface area contributed by atoms with Gasteiger partial charge in [-0.25, -0.2) is 0 Å². The second kappa shape index (κ2) is 10.0. The zero-order valence-corrected chi connectivity index (χ0v) is 19.0. The molecule has 5 rings (SSSR count). The van der Waals surface area contributed by atoms with Gasteiger partial charge in [0.15, 0.2) is 11.0 Å². The number of aryl methyl sites for hydroxylation is 1. The molecule has 0 bridgehead atoms. The van der Waals surface area contributed by atoms with Crippen LogP contribution in [-0.2, 0) is 17.8 Å². The number of amides is 1. The number of nitrogens with zero attached hydrogens (tertiary/aromatic N) is 4. The van der Waals surface area contributed by atoms with Crippen LogP contribution in [0.5, 0.6) is 0 Å². The Morgan fingerprint density at radius 1 is 1.03 bits per heavy atom. The van der Waals surface area contributed by atoms with Crippen molar-refractivity contribution in [2.24, 2.45) is 0 Å². The van der Waals surface area contributed by atoms with Gasteiger partial charge in [-0.1, -0.05) is 66.4 Å². The highest BCUT2D eigenvalue weighted by Gasteiger charge is 2.22. The zero-order chi connectivity index (χ0) is 22.5. The third-order valence-electron chi connectivity index (χ3n) is 5.86. The van der Waals surface area contributed by atoms with Crippen LogP contribution >= 0.6 is 11.8 Å². The Morgan fingerprint density at radius 2 is 1.88 bits per heavy atom. The molecule has 6 nitrogen and oxygen atoms in total. The molecule has 0 unspecified atom stereocenters. The van der Waals surface area contributed by atoms with E-state index in [4.69, 9.17) is 0 Å². The van der Waals surface area contributed by atoms with Crippen LogP contribution in [0.3, 0.4) is 0 Å². The predicted octanol–water partition coefficient (Wildman–Crippen LogP) is 4.67. The van der Waals surface area contributed by atoms with E-state index in [1.807, 2.05) is 36.4 Å². The Hall–Kier alpha value is -3.45. The lowest BCUT2D eigenvalue weighted by molar-refractivity contribution is -0.119. The molecule has 1 aliphatic rings. The first-order chi connectivity index (χ1) is 16.3. The zero-order valence-electron chi connectivity index (χ0n) is 18.2. The van der Waals surface area contributed by atoms with Crippen LogP contribution in [0.1, 0.15) is 35.6 Å². The fourth-order valence-corrected chi connectivity index (χ4v) is 5.03.